The van der Waals surface area contributed by atoms with E-state index in [0.717, 1.165) is 0 Å². The van der Waals surface area contributed by atoms with E-state index in [1.165, 1.54) is 0 Å². The summed E-state index contributed by atoms with van der Waals surface area (Å²) in [6.07, 6.45) is -5.02. The van der Waals surface area contributed by atoms with Crippen LogP contribution in [0.4, 0.5) is 23.2 Å². The quantitative estimate of drug-likeness (QED) is 0.811. The zero-order valence-electron chi connectivity index (χ0n) is 8.79. The van der Waals surface area contributed by atoms with E-state index in [9.17, 15) is 22.4 Å². The summed E-state index contributed by atoms with van der Waals surface area (Å²) in [6.45, 7) is -1.24. The molecule has 100 valence electrons. The Bertz CT molecular complexity index is 462. The fourth-order valence-corrected chi connectivity index (χ4v) is 1.24. The lowest BCUT2D eigenvalue weighted by molar-refractivity contribution is -0.274. The van der Waals surface area contributed by atoms with Gasteiger partial charge in [-0.05, 0) is 0 Å². The first-order chi connectivity index (χ1) is 8.24. The van der Waals surface area contributed by atoms with Gasteiger partial charge < -0.3 is 15.6 Å². The molecule has 0 aromatic carbocycles. The molecular weight excluding hydrogens is 260 g/mol. The van der Waals surface area contributed by atoms with Gasteiger partial charge in [0.1, 0.15) is 6.67 Å². The van der Waals surface area contributed by atoms with Gasteiger partial charge in [-0.3, -0.25) is 9.78 Å². The van der Waals surface area contributed by atoms with Gasteiger partial charge in [-0.1, -0.05) is 0 Å². The third kappa shape index (κ3) is 3.47. The van der Waals surface area contributed by atoms with E-state index in [-0.39, 0.29) is 5.69 Å². The highest BCUT2D eigenvalue weighted by Crippen LogP contribution is 2.32. The molecule has 0 unspecified atom stereocenters. The lowest BCUT2D eigenvalue weighted by Gasteiger charge is -2.14. The molecule has 0 atom stereocenters. The van der Waals surface area contributed by atoms with E-state index in [0.29, 0.717) is 6.20 Å². The van der Waals surface area contributed by atoms with Crippen molar-refractivity contribution in [2.45, 2.75) is 19.5 Å². The van der Waals surface area contributed by atoms with Crippen molar-refractivity contribution in [2.75, 3.05) is 5.73 Å². The number of pyridine rings is 1. The standard InChI is InChI=1S/C9H8F4N2O3/c10-2-4-5(1-7(16)17)15-3-6(8(4)14)18-9(11,12)13/h3H,1-2H2,(H2,14,15)(H,16,17). The molecule has 1 heterocycles. The van der Waals surface area contributed by atoms with Gasteiger partial charge in [0.25, 0.3) is 0 Å². The Hall–Kier alpha value is -2.06. The number of hydrogen-bond donors (Lipinski definition) is 2. The van der Waals surface area contributed by atoms with Crippen molar-refractivity contribution in [1.29, 1.82) is 0 Å². The fraction of sp³-hybridized carbons (Fsp3) is 0.333. The monoisotopic (exact) mass is 268 g/mol. The highest BCUT2D eigenvalue weighted by molar-refractivity contribution is 5.72. The van der Waals surface area contributed by atoms with Gasteiger partial charge in [-0.15, -0.1) is 13.2 Å². The van der Waals surface area contributed by atoms with Gasteiger partial charge in [0.15, 0.2) is 5.75 Å². The number of aromatic nitrogens is 1. The molecule has 0 aliphatic carbocycles. The first-order valence-corrected chi connectivity index (χ1v) is 4.54. The molecule has 1 aromatic rings. The summed E-state index contributed by atoms with van der Waals surface area (Å²) in [4.78, 5) is 13.9. The molecule has 9 heteroatoms. The number of halogens is 4. The normalized spacial score (nSPS) is 11.3. The van der Waals surface area contributed by atoms with E-state index < -0.39 is 42.4 Å². The molecule has 0 saturated carbocycles. The van der Waals surface area contributed by atoms with Crippen molar-refractivity contribution in [3.8, 4) is 5.75 Å². The second-order valence-corrected chi connectivity index (χ2v) is 3.21. The van der Waals surface area contributed by atoms with E-state index in [1.807, 2.05) is 0 Å². The number of rotatable bonds is 4. The minimum atomic E-state index is -4.99. The van der Waals surface area contributed by atoms with Crippen LogP contribution >= 0.6 is 0 Å². The summed E-state index contributed by atoms with van der Waals surface area (Å²) in [6, 6.07) is 0. The predicted octanol–water partition coefficient (Wildman–Crippen LogP) is 1.66. The molecule has 5 nitrogen and oxygen atoms in total. The number of anilines is 1. The maximum absolute atomic E-state index is 12.7. The summed E-state index contributed by atoms with van der Waals surface area (Å²) >= 11 is 0. The zero-order chi connectivity index (χ0) is 13.9. The predicted molar refractivity (Wildman–Crippen MR) is 51.5 cm³/mol. The number of carboxylic acids is 1. The lowest BCUT2D eigenvalue weighted by Crippen LogP contribution is -2.19. The largest absolute Gasteiger partial charge is 0.573 e. The van der Waals surface area contributed by atoms with Gasteiger partial charge in [0.05, 0.1) is 24.0 Å². The number of nitrogens with two attached hydrogens (primary N) is 1. The Labute approximate surface area is 98.2 Å². The number of ether oxygens (including phenoxy) is 1. The number of carboxylic acid groups (broad SMARTS) is 1. The van der Waals surface area contributed by atoms with E-state index in [2.05, 4.69) is 9.72 Å². The highest BCUT2D eigenvalue weighted by Gasteiger charge is 2.33. The lowest BCUT2D eigenvalue weighted by atomic mass is 10.1. The maximum Gasteiger partial charge on any atom is 0.573 e. The molecule has 18 heavy (non-hydrogen) atoms. The summed E-state index contributed by atoms with van der Waals surface area (Å²) in [5.41, 5.74) is 4.01. The van der Waals surface area contributed by atoms with Crippen LogP contribution in [0.3, 0.4) is 0 Å². The Balaban J connectivity index is 3.15. The zero-order valence-corrected chi connectivity index (χ0v) is 8.79. The minimum absolute atomic E-state index is 0.239. The van der Waals surface area contributed by atoms with Crippen LogP contribution in [-0.2, 0) is 17.9 Å². The first kappa shape index (κ1) is 14.0. The van der Waals surface area contributed by atoms with Crippen LogP contribution in [0.5, 0.6) is 5.75 Å². The first-order valence-electron chi connectivity index (χ1n) is 4.54. The van der Waals surface area contributed by atoms with Crippen molar-refractivity contribution >= 4 is 11.7 Å². The molecule has 0 aliphatic heterocycles. The molecule has 0 saturated heterocycles. The molecule has 0 aliphatic rings. The van der Waals surface area contributed by atoms with Crippen LogP contribution in [0.1, 0.15) is 11.3 Å². The summed E-state index contributed by atoms with van der Waals surface area (Å²) in [7, 11) is 0. The highest BCUT2D eigenvalue weighted by atomic mass is 19.4. The summed E-state index contributed by atoms with van der Waals surface area (Å²) in [5, 5.41) is 8.52. The second kappa shape index (κ2) is 5.07. The number of nitrogens with zero attached hydrogens (tertiary/aromatic N) is 1. The van der Waals surface area contributed by atoms with Gasteiger partial charge >= 0.3 is 12.3 Å². The Morgan fingerprint density at radius 3 is 2.56 bits per heavy atom. The van der Waals surface area contributed by atoms with E-state index in [1.54, 1.807) is 0 Å². The number of nitrogen functional groups attached to an aromatic ring is 1. The van der Waals surface area contributed by atoms with Gasteiger partial charge in [-0.25, -0.2) is 4.39 Å². The fourth-order valence-electron chi connectivity index (χ4n) is 1.24. The molecular formula is C9H8F4N2O3. The average Bonchev–Trinajstić information content (AvgIpc) is 2.20. The van der Waals surface area contributed by atoms with Crippen LogP contribution in [0.2, 0.25) is 0 Å². The minimum Gasteiger partial charge on any atom is -0.481 e. The van der Waals surface area contributed by atoms with Crippen molar-refractivity contribution in [3.05, 3.63) is 17.5 Å². The molecule has 3 N–H and O–H groups in total. The van der Waals surface area contributed by atoms with Crippen molar-refractivity contribution in [3.63, 3.8) is 0 Å². The SMILES string of the molecule is Nc1c(OC(F)(F)F)cnc(CC(=O)O)c1CF. The number of carbonyl (C=O) groups is 1. The topological polar surface area (TPSA) is 85.4 Å². The Morgan fingerprint density at radius 2 is 2.11 bits per heavy atom. The molecule has 0 fully saturated rings. The number of hydrogen-bond acceptors (Lipinski definition) is 4. The van der Waals surface area contributed by atoms with Crippen LogP contribution in [0, 0.1) is 0 Å². The Morgan fingerprint density at radius 1 is 1.50 bits per heavy atom. The molecule has 1 aromatic heterocycles. The average molecular weight is 268 g/mol. The van der Waals surface area contributed by atoms with Crippen molar-refractivity contribution in [1.82, 2.24) is 4.98 Å². The summed E-state index contributed by atoms with van der Waals surface area (Å²) < 4.78 is 52.1. The molecule has 0 amide bonds. The van der Waals surface area contributed by atoms with Crippen molar-refractivity contribution < 1.29 is 32.2 Å². The van der Waals surface area contributed by atoms with E-state index >= 15 is 0 Å². The van der Waals surface area contributed by atoms with Gasteiger partial charge in [0, 0.05) is 5.56 Å². The summed E-state index contributed by atoms with van der Waals surface area (Å²) in [5.74, 6) is -2.16. The number of alkyl halides is 4. The molecule has 0 spiro atoms. The molecule has 1 rings (SSSR count). The second-order valence-electron chi connectivity index (χ2n) is 3.21. The maximum atomic E-state index is 12.7. The van der Waals surface area contributed by atoms with Crippen molar-refractivity contribution in [2.24, 2.45) is 0 Å². The smallest absolute Gasteiger partial charge is 0.481 e. The Kier molecular flexibility index (Phi) is 3.94. The van der Waals surface area contributed by atoms with Gasteiger partial charge in [-0.2, -0.15) is 0 Å². The van der Waals surface area contributed by atoms with E-state index in [4.69, 9.17) is 10.8 Å². The molecule has 0 bridgehead atoms. The number of aliphatic carboxylic acids is 1. The van der Waals surface area contributed by atoms with Crippen LogP contribution < -0.4 is 10.5 Å². The van der Waals surface area contributed by atoms with Crippen LogP contribution in [0.15, 0.2) is 6.20 Å². The van der Waals surface area contributed by atoms with Crippen LogP contribution in [-0.4, -0.2) is 22.4 Å². The van der Waals surface area contributed by atoms with Crippen LogP contribution in [0.25, 0.3) is 0 Å². The van der Waals surface area contributed by atoms with Gasteiger partial charge in [0.2, 0.25) is 0 Å². The third-order valence-corrected chi connectivity index (χ3v) is 1.95. The molecule has 0 radical (unpaired) electrons. The third-order valence-electron chi connectivity index (χ3n) is 1.95.